The Hall–Kier alpha value is -3.61. The summed E-state index contributed by atoms with van der Waals surface area (Å²) in [6.45, 7) is 8.43. The molecule has 1 aromatic heterocycles. The second-order valence-electron chi connectivity index (χ2n) is 8.62. The number of piperazine rings is 1. The van der Waals surface area contributed by atoms with Crippen molar-refractivity contribution < 1.29 is 14.3 Å². The van der Waals surface area contributed by atoms with Crippen LogP contribution in [0.5, 0.6) is 11.9 Å². The van der Waals surface area contributed by atoms with Crippen molar-refractivity contribution in [2.75, 3.05) is 38.2 Å². The number of amides is 1. The van der Waals surface area contributed by atoms with Gasteiger partial charge in [0.2, 0.25) is 11.8 Å². The zero-order chi connectivity index (χ0) is 22.9. The molecule has 5 rings (SSSR count). The van der Waals surface area contributed by atoms with Gasteiger partial charge in [-0.3, -0.25) is 4.79 Å². The molecule has 2 unspecified atom stereocenters. The topological polar surface area (TPSA) is 67.8 Å². The van der Waals surface area contributed by atoms with Gasteiger partial charge in [-0.25, -0.2) is 0 Å². The van der Waals surface area contributed by atoms with Gasteiger partial charge >= 0.3 is 6.01 Å². The summed E-state index contributed by atoms with van der Waals surface area (Å²) in [6.07, 6.45) is 2.06. The summed E-state index contributed by atoms with van der Waals surface area (Å²) in [7, 11) is 1.57. The van der Waals surface area contributed by atoms with Gasteiger partial charge in [0, 0.05) is 37.7 Å². The molecule has 0 saturated carbocycles. The number of rotatable bonds is 4. The average Bonchev–Trinajstić information content (AvgIpc) is 2.87. The number of nitrogens with zero attached hydrogens (tertiary/aromatic N) is 4. The second-order valence-corrected chi connectivity index (χ2v) is 8.62. The van der Waals surface area contributed by atoms with Crippen LogP contribution in [-0.2, 0) is 11.2 Å². The summed E-state index contributed by atoms with van der Waals surface area (Å²) in [5.74, 6) is 1.62. The lowest BCUT2D eigenvalue weighted by molar-refractivity contribution is -0.126. The van der Waals surface area contributed by atoms with Gasteiger partial charge in [-0.1, -0.05) is 56.0 Å². The van der Waals surface area contributed by atoms with Gasteiger partial charge in [-0.15, -0.1) is 0 Å². The smallest absolute Gasteiger partial charge is 0.321 e. The first-order valence-electron chi connectivity index (χ1n) is 11.3. The first-order valence-corrected chi connectivity index (χ1v) is 11.3. The van der Waals surface area contributed by atoms with Gasteiger partial charge in [0.25, 0.3) is 0 Å². The molecule has 2 aromatic carbocycles. The molecule has 33 heavy (non-hydrogen) atoms. The van der Waals surface area contributed by atoms with E-state index in [1.807, 2.05) is 4.90 Å². The van der Waals surface area contributed by atoms with Gasteiger partial charge in [0.1, 0.15) is 11.9 Å². The van der Waals surface area contributed by atoms with Gasteiger partial charge < -0.3 is 19.3 Å². The normalized spacial score (nSPS) is 20.2. The van der Waals surface area contributed by atoms with Crippen LogP contribution in [0.2, 0.25) is 0 Å². The van der Waals surface area contributed by atoms with Crippen molar-refractivity contribution in [2.45, 2.75) is 19.4 Å². The number of aromatic nitrogens is 2. The number of carbonyl (C=O) groups excluding carboxylic acids is 1. The largest absolute Gasteiger partial charge is 0.469 e. The number of anilines is 1. The van der Waals surface area contributed by atoms with Gasteiger partial charge in [0.05, 0.1) is 12.7 Å². The van der Waals surface area contributed by atoms with Crippen LogP contribution in [0.1, 0.15) is 24.2 Å². The Kier molecular flexibility index (Phi) is 5.62. The van der Waals surface area contributed by atoms with Crippen molar-refractivity contribution in [3.63, 3.8) is 0 Å². The van der Waals surface area contributed by atoms with Crippen molar-refractivity contribution in [3.8, 4) is 11.9 Å². The third-order valence-electron chi connectivity index (χ3n) is 6.59. The van der Waals surface area contributed by atoms with E-state index < -0.39 is 0 Å². The van der Waals surface area contributed by atoms with Gasteiger partial charge in [-0.05, 0) is 23.3 Å². The summed E-state index contributed by atoms with van der Waals surface area (Å²) >= 11 is 0. The maximum absolute atomic E-state index is 12.0. The minimum atomic E-state index is -0.113. The van der Waals surface area contributed by atoms with Crippen LogP contribution < -0.4 is 14.4 Å². The van der Waals surface area contributed by atoms with Crippen LogP contribution >= 0.6 is 0 Å². The molecule has 0 spiro atoms. The Bertz CT molecular complexity index is 1200. The SMILES string of the molecule is C=CC(=O)N1CCN(c2nc(OC)nc3c2CC(C)C(c2cccc4ccccc24)O3)CC1. The Balaban J connectivity index is 1.48. The highest BCUT2D eigenvalue weighted by Crippen LogP contribution is 2.43. The van der Waals surface area contributed by atoms with Gasteiger partial charge in [0.15, 0.2) is 0 Å². The summed E-state index contributed by atoms with van der Waals surface area (Å²) in [5, 5.41) is 2.40. The Morgan fingerprint density at radius 2 is 1.88 bits per heavy atom. The zero-order valence-corrected chi connectivity index (χ0v) is 19.0. The number of methoxy groups -OCH3 is 1. The average molecular weight is 445 g/mol. The van der Waals surface area contributed by atoms with E-state index >= 15 is 0 Å². The lowest BCUT2D eigenvalue weighted by Gasteiger charge is -2.38. The first-order chi connectivity index (χ1) is 16.1. The number of hydrogen-bond donors (Lipinski definition) is 0. The molecule has 0 bridgehead atoms. The molecular weight excluding hydrogens is 416 g/mol. The third kappa shape index (κ3) is 3.88. The number of hydrogen-bond acceptors (Lipinski definition) is 6. The molecule has 170 valence electrons. The predicted molar refractivity (Wildman–Crippen MR) is 128 cm³/mol. The van der Waals surface area contributed by atoms with Crippen molar-refractivity contribution in [1.82, 2.24) is 14.9 Å². The molecular formula is C26H28N4O3. The third-order valence-corrected chi connectivity index (χ3v) is 6.59. The molecule has 2 aliphatic heterocycles. The number of fused-ring (bicyclic) bond motifs is 2. The minimum absolute atomic E-state index is 0.0353. The fourth-order valence-corrected chi connectivity index (χ4v) is 4.86. The van der Waals surface area contributed by atoms with Crippen molar-refractivity contribution in [1.29, 1.82) is 0 Å². The molecule has 0 radical (unpaired) electrons. The van der Waals surface area contributed by atoms with Crippen molar-refractivity contribution in [2.24, 2.45) is 5.92 Å². The molecule has 2 aliphatic rings. The summed E-state index contributed by atoms with van der Waals surface area (Å²) in [5.41, 5.74) is 2.17. The molecule has 3 heterocycles. The van der Waals surface area contributed by atoms with Crippen LogP contribution in [0.25, 0.3) is 10.8 Å². The summed E-state index contributed by atoms with van der Waals surface area (Å²) < 4.78 is 12.0. The van der Waals surface area contributed by atoms with Crippen molar-refractivity contribution in [3.05, 3.63) is 66.2 Å². The molecule has 0 N–H and O–H groups in total. The van der Waals surface area contributed by atoms with E-state index in [1.54, 1.807) is 7.11 Å². The molecule has 1 amide bonds. The molecule has 0 aliphatic carbocycles. The van der Waals surface area contributed by atoms with Crippen LogP contribution in [0, 0.1) is 5.92 Å². The highest BCUT2D eigenvalue weighted by atomic mass is 16.5. The second kappa shape index (κ2) is 8.73. The highest BCUT2D eigenvalue weighted by Gasteiger charge is 2.35. The monoisotopic (exact) mass is 444 g/mol. The van der Waals surface area contributed by atoms with E-state index in [1.165, 1.54) is 22.4 Å². The first kappa shape index (κ1) is 21.2. The Morgan fingerprint density at radius 1 is 1.12 bits per heavy atom. The molecule has 3 aromatic rings. The van der Waals surface area contributed by atoms with E-state index in [4.69, 9.17) is 9.47 Å². The van der Waals surface area contributed by atoms with Gasteiger partial charge in [-0.2, -0.15) is 9.97 Å². The van der Waals surface area contributed by atoms with Crippen LogP contribution in [0.3, 0.4) is 0 Å². The van der Waals surface area contributed by atoms with Crippen LogP contribution in [-0.4, -0.2) is 54.1 Å². The molecule has 7 heteroatoms. The Labute approximate surface area is 193 Å². The van der Waals surface area contributed by atoms with E-state index in [9.17, 15) is 4.79 Å². The minimum Gasteiger partial charge on any atom is -0.469 e. The molecule has 2 atom stereocenters. The summed E-state index contributed by atoms with van der Waals surface area (Å²) in [6, 6.07) is 15.0. The van der Waals surface area contributed by atoms with Crippen LogP contribution in [0.4, 0.5) is 5.82 Å². The van der Waals surface area contributed by atoms with Crippen molar-refractivity contribution >= 4 is 22.5 Å². The van der Waals surface area contributed by atoms with E-state index in [2.05, 4.69) is 70.8 Å². The van der Waals surface area contributed by atoms with E-state index in [0.717, 1.165) is 17.8 Å². The quantitative estimate of drug-likeness (QED) is 0.571. The maximum atomic E-state index is 12.0. The standard InChI is InChI=1S/C26H28N4O3/c1-4-22(31)29-12-14-30(15-13-29)24-21-16-17(2)23(33-25(21)28-26(27-24)32-3)20-11-7-9-18-8-5-6-10-19(18)20/h4-11,17,23H,1,12-16H2,2-3H3. The predicted octanol–water partition coefficient (Wildman–Crippen LogP) is 3.79. The maximum Gasteiger partial charge on any atom is 0.321 e. The lowest BCUT2D eigenvalue weighted by Crippen LogP contribution is -2.49. The highest BCUT2D eigenvalue weighted by molar-refractivity contribution is 5.87. The Morgan fingerprint density at radius 3 is 2.64 bits per heavy atom. The number of benzene rings is 2. The molecule has 1 saturated heterocycles. The van der Waals surface area contributed by atoms with E-state index in [-0.39, 0.29) is 17.9 Å². The van der Waals surface area contributed by atoms with E-state index in [0.29, 0.717) is 38.1 Å². The fourth-order valence-electron chi connectivity index (χ4n) is 4.86. The lowest BCUT2D eigenvalue weighted by atomic mass is 9.87. The molecule has 1 fully saturated rings. The summed E-state index contributed by atoms with van der Waals surface area (Å²) in [4.78, 5) is 25.2. The van der Waals surface area contributed by atoms with Crippen LogP contribution in [0.15, 0.2) is 55.1 Å². The zero-order valence-electron chi connectivity index (χ0n) is 19.0. The number of carbonyl (C=O) groups is 1. The number of ether oxygens (including phenoxy) is 2. The fraction of sp³-hybridized carbons (Fsp3) is 0.346. The molecule has 7 nitrogen and oxygen atoms in total.